The van der Waals surface area contributed by atoms with Gasteiger partial charge < -0.3 is 5.32 Å². The Morgan fingerprint density at radius 3 is 2.60 bits per heavy atom. The van der Waals surface area contributed by atoms with Gasteiger partial charge in [-0.1, -0.05) is 0 Å². The number of hydrogen-bond acceptors (Lipinski definition) is 4. The number of nitrogens with two attached hydrogens (primary N) is 1. The van der Waals surface area contributed by atoms with Crippen molar-refractivity contribution < 1.29 is 13.2 Å². The lowest BCUT2D eigenvalue weighted by atomic mass is 10.2. The number of amides is 1. The van der Waals surface area contributed by atoms with Crippen LogP contribution in [0.2, 0.25) is 0 Å². The normalized spacial score (nSPS) is 11.3. The van der Waals surface area contributed by atoms with E-state index in [4.69, 9.17) is 5.14 Å². The summed E-state index contributed by atoms with van der Waals surface area (Å²) in [5.74, 6) is -0.319. The molecule has 0 saturated carbocycles. The molecular weight excluding hydrogens is 280 g/mol. The highest BCUT2D eigenvalue weighted by molar-refractivity contribution is 7.89. The van der Waals surface area contributed by atoms with E-state index in [2.05, 4.69) is 10.4 Å². The smallest absolute Gasteiger partial charge is 0.258 e. The minimum atomic E-state index is -3.75. The molecule has 1 amide bonds. The Morgan fingerprint density at radius 2 is 2.10 bits per heavy atom. The van der Waals surface area contributed by atoms with Crippen molar-refractivity contribution >= 4 is 21.6 Å². The first-order valence-corrected chi connectivity index (χ1v) is 7.25. The molecular formula is C12H14N4O3S. The fourth-order valence-corrected chi connectivity index (χ4v) is 2.55. The number of carbonyl (C=O) groups is 1. The number of hydrogen-bond donors (Lipinski definition) is 2. The molecule has 1 aromatic carbocycles. The van der Waals surface area contributed by atoms with Crippen molar-refractivity contribution in [3.05, 3.63) is 41.7 Å². The summed E-state index contributed by atoms with van der Waals surface area (Å²) in [5, 5.41) is 11.6. The van der Waals surface area contributed by atoms with E-state index in [1.165, 1.54) is 23.0 Å². The highest BCUT2D eigenvalue weighted by Crippen LogP contribution is 2.19. The number of rotatable bonds is 3. The molecule has 20 heavy (non-hydrogen) atoms. The van der Waals surface area contributed by atoms with Crippen LogP contribution in [0, 0.1) is 6.92 Å². The maximum absolute atomic E-state index is 11.9. The van der Waals surface area contributed by atoms with Gasteiger partial charge in [-0.15, -0.1) is 0 Å². The van der Waals surface area contributed by atoms with Crippen LogP contribution in [0.4, 0.5) is 5.69 Å². The van der Waals surface area contributed by atoms with Gasteiger partial charge in [-0.05, 0) is 30.7 Å². The second-order valence-corrected chi connectivity index (χ2v) is 5.91. The second kappa shape index (κ2) is 5.06. The summed E-state index contributed by atoms with van der Waals surface area (Å²) < 4.78 is 24.1. The van der Waals surface area contributed by atoms with Crippen LogP contribution in [0.1, 0.15) is 15.9 Å². The molecule has 0 spiro atoms. The molecule has 0 unspecified atom stereocenters. The van der Waals surface area contributed by atoms with Crippen LogP contribution in [0.3, 0.4) is 0 Å². The Hall–Kier alpha value is -2.19. The number of aromatic nitrogens is 2. The zero-order valence-corrected chi connectivity index (χ0v) is 11.8. The molecule has 0 fully saturated rings. The summed E-state index contributed by atoms with van der Waals surface area (Å²) in [7, 11) is -2.04. The van der Waals surface area contributed by atoms with Crippen LogP contribution in [-0.4, -0.2) is 24.1 Å². The monoisotopic (exact) mass is 294 g/mol. The molecule has 3 N–H and O–H groups in total. The zero-order valence-electron chi connectivity index (χ0n) is 11.0. The number of benzene rings is 1. The molecule has 0 aliphatic heterocycles. The number of sulfonamides is 1. The third-order valence-corrected chi connectivity index (χ3v) is 3.78. The van der Waals surface area contributed by atoms with Crippen molar-refractivity contribution in [3.63, 3.8) is 0 Å². The van der Waals surface area contributed by atoms with Crippen LogP contribution >= 0.6 is 0 Å². The molecule has 7 nitrogen and oxygen atoms in total. The van der Waals surface area contributed by atoms with Crippen molar-refractivity contribution in [2.75, 3.05) is 5.32 Å². The van der Waals surface area contributed by atoms with Gasteiger partial charge in [0.05, 0.1) is 16.7 Å². The summed E-state index contributed by atoms with van der Waals surface area (Å²) in [5.41, 5.74) is 1.38. The Balaban J connectivity index is 2.23. The predicted molar refractivity (Wildman–Crippen MR) is 73.7 cm³/mol. The minimum Gasteiger partial charge on any atom is -0.322 e. The third kappa shape index (κ3) is 3.03. The summed E-state index contributed by atoms with van der Waals surface area (Å²) in [6.45, 7) is 1.61. The highest BCUT2D eigenvalue weighted by atomic mass is 32.2. The van der Waals surface area contributed by atoms with Crippen LogP contribution in [0.25, 0.3) is 0 Å². The first kappa shape index (κ1) is 14.2. The largest absolute Gasteiger partial charge is 0.322 e. The van der Waals surface area contributed by atoms with Gasteiger partial charge in [0.25, 0.3) is 5.91 Å². The minimum absolute atomic E-state index is 0.0388. The van der Waals surface area contributed by atoms with Crippen LogP contribution in [0.15, 0.2) is 35.5 Å². The summed E-state index contributed by atoms with van der Waals surface area (Å²) >= 11 is 0. The lowest BCUT2D eigenvalue weighted by Crippen LogP contribution is -2.15. The molecule has 8 heteroatoms. The van der Waals surface area contributed by atoms with Crippen LogP contribution in [-0.2, 0) is 17.1 Å². The van der Waals surface area contributed by atoms with Crippen molar-refractivity contribution in [2.45, 2.75) is 11.8 Å². The summed E-state index contributed by atoms with van der Waals surface area (Å²) in [6, 6.07) is 4.40. The molecule has 106 valence electrons. The van der Waals surface area contributed by atoms with E-state index in [0.29, 0.717) is 16.8 Å². The molecule has 0 aliphatic carbocycles. The van der Waals surface area contributed by atoms with E-state index in [1.54, 1.807) is 26.2 Å². The lowest BCUT2D eigenvalue weighted by Gasteiger charge is -2.07. The van der Waals surface area contributed by atoms with Crippen molar-refractivity contribution in [1.29, 1.82) is 0 Å². The molecule has 0 saturated heterocycles. The van der Waals surface area contributed by atoms with E-state index in [1.807, 2.05) is 0 Å². The molecule has 2 rings (SSSR count). The highest BCUT2D eigenvalue weighted by Gasteiger charge is 2.13. The molecule has 1 heterocycles. The fraction of sp³-hybridized carbons (Fsp3) is 0.167. The van der Waals surface area contributed by atoms with Gasteiger partial charge in [0.2, 0.25) is 10.0 Å². The Labute approximate surface area is 116 Å². The number of primary sulfonamides is 1. The quantitative estimate of drug-likeness (QED) is 0.865. The maximum atomic E-state index is 11.9. The van der Waals surface area contributed by atoms with Crippen molar-refractivity contribution in [2.24, 2.45) is 12.2 Å². The number of carbonyl (C=O) groups excluding carboxylic acids is 1. The van der Waals surface area contributed by atoms with E-state index in [0.717, 1.165) is 0 Å². The van der Waals surface area contributed by atoms with Gasteiger partial charge >= 0.3 is 0 Å². The number of nitrogens with one attached hydrogen (secondary N) is 1. The van der Waals surface area contributed by atoms with E-state index >= 15 is 0 Å². The average Bonchev–Trinajstić information content (AvgIpc) is 2.74. The number of nitrogens with zero attached hydrogens (tertiary/aromatic N) is 2. The summed E-state index contributed by atoms with van der Waals surface area (Å²) in [4.78, 5) is 12.0. The van der Waals surface area contributed by atoms with Crippen LogP contribution < -0.4 is 10.5 Å². The van der Waals surface area contributed by atoms with Crippen molar-refractivity contribution in [3.8, 4) is 0 Å². The standard InChI is InChI=1S/C12H14N4O3S/c1-8-5-10(3-4-11(8)20(13,18)19)15-12(17)9-6-14-16(2)7-9/h3-7H,1-2H3,(H,15,17)(H2,13,18,19). The topological polar surface area (TPSA) is 107 Å². The SMILES string of the molecule is Cc1cc(NC(=O)c2cnn(C)c2)ccc1S(N)(=O)=O. The zero-order chi connectivity index (χ0) is 14.9. The van der Waals surface area contributed by atoms with E-state index < -0.39 is 10.0 Å². The molecule has 0 radical (unpaired) electrons. The third-order valence-electron chi connectivity index (χ3n) is 2.71. The number of anilines is 1. The molecule has 0 bridgehead atoms. The maximum Gasteiger partial charge on any atom is 0.258 e. The van der Waals surface area contributed by atoms with Gasteiger partial charge in [0, 0.05) is 18.9 Å². The van der Waals surface area contributed by atoms with Gasteiger partial charge in [-0.3, -0.25) is 9.48 Å². The molecule has 1 aromatic heterocycles. The second-order valence-electron chi connectivity index (χ2n) is 4.38. The fourth-order valence-electron chi connectivity index (χ4n) is 1.79. The molecule has 0 aliphatic rings. The molecule has 0 atom stereocenters. The van der Waals surface area contributed by atoms with Gasteiger partial charge in [0.15, 0.2) is 0 Å². The Bertz CT molecular complexity index is 765. The van der Waals surface area contributed by atoms with Gasteiger partial charge in [-0.2, -0.15) is 5.10 Å². The first-order valence-electron chi connectivity index (χ1n) is 5.71. The van der Waals surface area contributed by atoms with Gasteiger partial charge in [0.1, 0.15) is 0 Å². The predicted octanol–water partition coefficient (Wildman–Crippen LogP) is 0.628. The van der Waals surface area contributed by atoms with E-state index in [-0.39, 0.29) is 10.8 Å². The van der Waals surface area contributed by atoms with Gasteiger partial charge in [-0.25, -0.2) is 13.6 Å². The van der Waals surface area contributed by atoms with Crippen LogP contribution in [0.5, 0.6) is 0 Å². The average molecular weight is 294 g/mol. The first-order chi connectivity index (χ1) is 9.27. The number of aryl methyl sites for hydroxylation is 2. The summed E-state index contributed by atoms with van der Waals surface area (Å²) in [6.07, 6.45) is 3.03. The van der Waals surface area contributed by atoms with E-state index in [9.17, 15) is 13.2 Å². The lowest BCUT2D eigenvalue weighted by molar-refractivity contribution is 0.102. The Morgan fingerprint density at radius 1 is 1.40 bits per heavy atom. The molecule has 2 aromatic rings. The Kier molecular flexibility index (Phi) is 3.60. The van der Waals surface area contributed by atoms with Crippen molar-refractivity contribution in [1.82, 2.24) is 9.78 Å².